The molecule has 0 fully saturated rings. The molecule has 0 heterocycles. The molecular formula is C14H29N2O4+. The average Bonchev–Trinajstić information content (AvgIpc) is 2.32. The van der Waals surface area contributed by atoms with E-state index in [1.54, 1.807) is 0 Å². The van der Waals surface area contributed by atoms with E-state index in [4.69, 9.17) is 9.47 Å². The molecule has 0 spiro atoms. The van der Waals surface area contributed by atoms with Crippen molar-refractivity contribution in [2.24, 2.45) is 5.41 Å². The summed E-state index contributed by atoms with van der Waals surface area (Å²) in [4.78, 5) is 23.0. The highest BCUT2D eigenvalue weighted by molar-refractivity contribution is 5.75. The van der Waals surface area contributed by atoms with Crippen LogP contribution >= 0.6 is 0 Å². The number of rotatable bonds is 8. The smallest absolute Gasteiger partial charge is 0.407 e. The molecule has 0 unspecified atom stereocenters. The van der Waals surface area contributed by atoms with Crippen LogP contribution in [-0.4, -0.2) is 64.0 Å². The molecule has 6 heteroatoms. The van der Waals surface area contributed by atoms with Crippen molar-refractivity contribution in [2.45, 2.75) is 27.2 Å². The van der Waals surface area contributed by atoms with Crippen LogP contribution in [-0.2, 0) is 14.3 Å². The molecule has 0 aliphatic carbocycles. The highest BCUT2D eigenvalue weighted by Gasteiger charge is 2.26. The summed E-state index contributed by atoms with van der Waals surface area (Å²) in [5.41, 5.74) is -0.481. The lowest BCUT2D eigenvalue weighted by Gasteiger charge is -2.23. The predicted molar refractivity (Wildman–Crippen MR) is 77.3 cm³/mol. The zero-order valence-electron chi connectivity index (χ0n) is 13.6. The number of amides is 1. The molecule has 118 valence electrons. The van der Waals surface area contributed by atoms with Crippen LogP contribution in [0.3, 0.4) is 0 Å². The van der Waals surface area contributed by atoms with E-state index < -0.39 is 11.5 Å². The number of likely N-dealkylation sites (N-methyl/N-ethyl adjacent to an activating group) is 1. The number of quaternary nitrogens is 1. The van der Waals surface area contributed by atoms with Gasteiger partial charge in [0.2, 0.25) is 0 Å². The molecule has 0 atom stereocenters. The summed E-state index contributed by atoms with van der Waals surface area (Å²) in [7, 11) is 6.07. The van der Waals surface area contributed by atoms with Crippen LogP contribution in [0.1, 0.15) is 27.2 Å². The van der Waals surface area contributed by atoms with E-state index in [2.05, 4.69) is 5.32 Å². The van der Waals surface area contributed by atoms with Crippen LogP contribution in [0.15, 0.2) is 0 Å². The summed E-state index contributed by atoms with van der Waals surface area (Å²) in [5.74, 6) is -0.250. The van der Waals surface area contributed by atoms with Gasteiger partial charge in [-0.25, -0.2) is 4.79 Å². The van der Waals surface area contributed by atoms with Crippen molar-refractivity contribution < 1.29 is 23.5 Å². The first-order valence-electron chi connectivity index (χ1n) is 6.97. The molecule has 1 N–H and O–H groups in total. The fourth-order valence-electron chi connectivity index (χ4n) is 1.10. The van der Waals surface area contributed by atoms with Crippen molar-refractivity contribution in [1.82, 2.24) is 5.32 Å². The molecule has 6 nitrogen and oxygen atoms in total. The third kappa shape index (κ3) is 8.74. The Morgan fingerprint density at radius 3 is 2.20 bits per heavy atom. The van der Waals surface area contributed by atoms with Crippen LogP contribution < -0.4 is 5.32 Å². The van der Waals surface area contributed by atoms with Gasteiger partial charge in [0.05, 0.1) is 33.1 Å². The number of alkyl carbamates (subject to hydrolysis) is 1. The molecule has 0 saturated heterocycles. The quantitative estimate of drug-likeness (QED) is 0.417. The van der Waals surface area contributed by atoms with E-state index in [0.29, 0.717) is 13.0 Å². The maximum atomic E-state index is 11.7. The lowest BCUT2D eigenvalue weighted by Crippen LogP contribution is -2.39. The van der Waals surface area contributed by atoms with Gasteiger partial charge in [-0.3, -0.25) is 4.79 Å². The second kappa shape index (κ2) is 8.09. The SMILES string of the molecule is CCC(C)(C)C(=O)OCCNC(=O)OCC[N+](C)(C)C. The third-order valence-electron chi connectivity index (χ3n) is 3.04. The summed E-state index contributed by atoms with van der Waals surface area (Å²) in [6.45, 7) is 7.13. The van der Waals surface area contributed by atoms with Gasteiger partial charge in [-0.2, -0.15) is 0 Å². The largest absolute Gasteiger partial charge is 0.463 e. The lowest BCUT2D eigenvalue weighted by molar-refractivity contribution is -0.870. The Hall–Kier alpha value is -1.30. The number of hydrogen-bond donors (Lipinski definition) is 1. The van der Waals surface area contributed by atoms with Crippen LogP contribution in [0, 0.1) is 5.41 Å². The Kier molecular flexibility index (Phi) is 7.57. The number of ether oxygens (including phenoxy) is 2. The van der Waals surface area contributed by atoms with E-state index >= 15 is 0 Å². The maximum absolute atomic E-state index is 11.7. The number of hydrogen-bond acceptors (Lipinski definition) is 4. The molecule has 0 aromatic carbocycles. The normalized spacial score (nSPS) is 11.9. The van der Waals surface area contributed by atoms with Gasteiger partial charge in [-0.05, 0) is 20.3 Å². The topological polar surface area (TPSA) is 64.6 Å². The third-order valence-corrected chi connectivity index (χ3v) is 3.04. The van der Waals surface area contributed by atoms with E-state index in [9.17, 15) is 9.59 Å². The van der Waals surface area contributed by atoms with Crippen LogP contribution in [0.5, 0.6) is 0 Å². The first-order valence-corrected chi connectivity index (χ1v) is 6.97. The molecule has 20 heavy (non-hydrogen) atoms. The molecule has 0 aromatic rings. The van der Waals surface area contributed by atoms with Gasteiger partial charge >= 0.3 is 12.1 Å². The maximum Gasteiger partial charge on any atom is 0.407 e. The summed E-state index contributed by atoms with van der Waals surface area (Å²) in [5, 5.41) is 2.55. The average molecular weight is 289 g/mol. The lowest BCUT2D eigenvalue weighted by atomic mass is 9.91. The Morgan fingerprint density at radius 1 is 1.10 bits per heavy atom. The minimum absolute atomic E-state index is 0.159. The summed E-state index contributed by atoms with van der Waals surface area (Å²) in [6.07, 6.45) is 0.232. The molecule has 0 aromatic heterocycles. The molecule has 0 saturated carbocycles. The first-order chi connectivity index (χ1) is 9.08. The van der Waals surface area contributed by atoms with Crippen LogP contribution in [0.4, 0.5) is 4.79 Å². The van der Waals surface area contributed by atoms with E-state index in [0.717, 1.165) is 11.0 Å². The highest BCUT2D eigenvalue weighted by atomic mass is 16.6. The molecule has 0 rings (SSSR count). The van der Waals surface area contributed by atoms with Gasteiger partial charge in [-0.15, -0.1) is 0 Å². The summed E-state index contributed by atoms with van der Waals surface area (Å²) < 4.78 is 10.8. The minimum Gasteiger partial charge on any atom is -0.463 e. The second-order valence-corrected chi connectivity index (χ2v) is 6.45. The Balaban J connectivity index is 3.70. The van der Waals surface area contributed by atoms with Gasteiger partial charge in [0, 0.05) is 0 Å². The molecule has 0 bridgehead atoms. The van der Waals surface area contributed by atoms with Gasteiger partial charge in [0.25, 0.3) is 0 Å². The number of carbonyl (C=O) groups excluding carboxylic acids is 2. The Labute approximate surface area is 122 Å². The van der Waals surface area contributed by atoms with Crippen molar-refractivity contribution in [1.29, 1.82) is 0 Å². The van der Waals surface area contributed by atoms with Gasteiger partial charge in [-0.1, -0.05) is 6.92 Å². The second-order valence-electron chi connectivity index (χ2n) is 6.45. The zero-order valence-corrected chi connectivity index (χ0v) is 13.6. The monoisotopic (exact) mass is 289 g/mol. The van der Waals surface area contributed by atoms with Crippen molar-refractivity contribution >= 4 is 12.1 Å². The number of esters is 1. The first kappa shape index (κ1) is 18.7. The van der Waals surface area contributed by atoms with Crippen LogP contribution in [0.25, 0.3) is 0 Å². The highest BCUT2D eigenvalue weighted by Crippen LogP contribution is 2.21. The summed E-state index contributed by atoms with van der Waals surface area (Å²) >= 11 is 0. The van der Waals surface area contributed by atoms with Crippen molar-refractivity contribution in [2.75, 3.05) is 47.4 Å². The van der Waals surface area contributed by atoms with Crippen molar-refractivity contribution in [3.63, 3.8) is 0 Å². The fourth-order valence-corrected chi connectivity index (χ4v) is 1.10. The van der Waals surface area contributed by atoms with Crippen molar-refractivity contribution in [3.05, 3.63) is 0 Å². The van der Waals surface area contributed by atoms with Gasteiger partial charge < -0.3 is 19.3 Å². The number of carbonyl (C=O) groups is 2. The van der Waals surface area contributed by atoms with E-state index in [-0.39, 0.29) is 19.1 Å². The minimum atomic E-state index is -0.482. The summed E-state index contributed by atoms with van der Waals surface area (Å²) in [6, 6.07) is 0. The molecule has 0 radical (unpaired) electrons. The standard InChI is InChI=1S/C14H28N2O4/c1-7-14(2,3)12(17)19-10-8-15-13(18)20-11-9-16(4,5)6/h7-11H2,1-6H3/p+1. The van der Waals surface area contributed by atoms with E-state index in [1.807, 2.05) is 41.9 Å². The molecule has 0 aliphatic heterocycles. The molecule has 0 aliphatic rings. The Morgan fingerprint density at radius 2 is 1.70 bits per heavy atom. The van der Waals surface area contributed by atoms with Crippen molar-refractivity contribution in [3.8, 4) is 0 Å². The fraction of sp³-hybridized carbons (Fsp3) is 0.857. The molecule has 1 amide bonds. The number of nitrogens with zero attached hydrogens (tertiary/aromatic N) is 1. The van der Waals surface area contributed by atoms with Gasteiger partial charge in [0.15, 0.2) is 0 Å². The molecular weight excluding hydrogens is 260 g/mol. The van der Waals surface area contributed by atoms with Gasteiger partial charge in [0.1, 0.15) is 19.8 Å². The number of nitrogens with one attached hydrogen (secondary N) is 1. The predicted octanol–water partition coefficient (Wildman–Crippen LogP) is 1.40. The van der Waals surface area contributed by atoms with Crippen LogP contribution in [0.2, 0.25) is 0 Å². The van der Waals surface area contributed by atoms with E-state index in [1.165, 1.54) is 0 Å². The zero-order chi connectivity index (χ0) is 15.8. The Bertz CT molecular complexity index is 322.